The molecule has 1 aromatic rings. The molecule has 0 aromatic heterocycles. The van der Waals surface area contributed by atoms with Gasteiger partial charge < -0.3 is 14.2 Å². The molecule has 0 radical (unpaired) electrons. The minimum Gasteiger partial charge on any atom is -0.327 e. The summed E-state index contributed by atoms with van der Waals surface area (Å²) < 4.78 is 17.2. The summed E-state index contributed by atoms with van der Waals surface area (Å²) in [6.45, 7) is 1.12. The molecule has 0 spiro atoms. The topological polar surface area (TPSA) is 27.7 Å². The molecule has 0 atom stereocenters. The predicted octanol–water partition coefficient (Wildman–Crippen LogP) is 2.25. The molecule has 0 N–H and O–H groups in total. The minimum atomic E-state index is -0.999. The molecule has 0 bridgehead atoms. The molecule has 1 saturated heterocycles. The third-order valence-corrected chi connectivity index (χ3v) is 2.66. The van der Waals surface area contributed by atoms with Crippen LogP contribution in [0.25, 0.3) is 0 Å². The summed E-state index contributed by atoms with van der Waals surface area (Å²) >= 11 is 3.37. The molecule has 1 fully saturated rings. The van der Waals surface area contributed by atoms with Crippen molar-refractivity contribution < 1.29 is 14.2 Å². The van der Waals surface area contributed by atoms with Gasteiger partial charge in [-0.15, -0.1) is 0 Å². The zero-order valence-electron chi connectivity index (χ0n) is 7.83. The maximum Gasteiger partial charge on any atom is 0.311 e. The van der Waals surface area contributed by atoms with Gasteiger partial charge in [-0.25, -0.2) is 0 Å². The highest BCUT2D eigenvalue weighted by atomic mass is 79.9. The van der Waals surface area contributed by atoms with E-state index in [2.05, 4.69) is 15.9 Å². The average molecular weight is 259 g/mol. The van der Waals surface area contributed by atoms with Gasteiger partial charge in [-0.2, -0.15) is 0 Å². The van der Waals surface area contributed by atoms with E-state index in [1.54, 1.807) is 7.11 Å². The summed E-state index contributed by atoms with van der Waals surface area (Å²) in [5, 5.41) is 0. The average Bonchev–Trinajstić information content (AvgIpc) is 2.68. The summed E-state index contributed by atoms with van der Waals surface area (Å²) in [5.74, 6) is -0.999. The van der Waals surface area contributed by atoms with Gasteiger partial charge in [0, 0.05) is 17.1 Å². The van der Waals surface area contributed by atoms with E-state index in [0.717, 1.165) is 10.0 Å². The molecular formula is C10H11BrO3. The standard InChI is InChI=1S/C10H11BrO3/c1-12-10(13-6-7-14-10)8-2-4-9(11)5-3-8/h2-5H,6-7H2,1H3. The van der Waals surface area contributed by atoms with E-state index in [1.807, 2.05) is 24.3 Å². The maximum atomic E-state index is 5.46. The van der Waals surface area contributed by atoms with E-state index in [1.165, 1.54) is 0 Å². The molecule has 76 valence electrons. The van der Waals surface area contributed by atoms with Gasteiger partial charge >= 0.3 is 5.97 Å². The van der Waals surface area contributed by atoms with Crippen molar-refractivity contribution in [2.75, 3.05) is 20.3 Å². The lowest BCUT2D eigenvalue weighted by Crippen LogP contribution is -2.29. The normalized spacial score (nSPS) is 19.9. The molecule has 1 heterocycles. The fourth-order valence-corrected chi connectivity index (χ4v) is 1.71. The first-order chi connectivity index (χ1) is 6.77. The van der Waals surface area contributed by atoms with Crippen molar-refractivity contribution in [3.63, 3.8) is 0 Å². The van der Waals surface area contributed by atoms with Crippen LogP contribution in [0.5, 0.6) is 0 Å². The van der Waals surface area contributed by atoms with Crippen LogP contribution in [-0.4, -0.2) is 20.3 Å². The van der Waals surface area contributed by atoms with Crippen LogP contribution in [0.2, 0.25) is 0 Å². The van der Waals surface area contributed by atoms with Crippen LogP contribution in [0.3, 0.4) is 0 Å². The summed E-state index contributed by atoms with van der Waals surface area (Å²) in [5.41, 5.74) is 0.876. The van der Waals surface area contributed by atoms with Crippen LogP contribution >= 0.6 is 15.9 Å². The molecular weight excluding hydrogens is 248 g/mol. The van der Waals surface area contributed by atoms with Crippen molar-refractivity contribution in [3.05, 3.63) is 34.3 Å². The second-order valence-electron chi connectivity index (χ2n) is 2.96. The van der Waals surface area contributed by atoms with E-state index in [9.17, 15) is 0 Å². The highest BCUT2D eigenvalue weighted by molar-refractivity contribution is 9.10. The van der Waals surface area contributed by atoms with E-state index < -0.39 is 5.97 Å². The van der Waals surface area contributed by atoms with Crippen LogP contribution in [-0.2, 0) is 20.2 Å². The number of ether oxygens (including phenoxy) is 3. The Morgan fingerprint density at radius 3 is 2.29 bits per heavy atom. The second-order valence-corrected chi connectivity index (χ2v) is 3.88. The van der Waals surface area contributed by atoms with Crippen molar-refractivity contribution in [1.82, 2.24) is 0 Å². The quantitative estimate of drug-likeness (QED) is 0.815. The Morgan fingerprint density at radius 2 is 1.79 bits per heavy atom. The van der Waals surface area contributed by atoms with Crippen LogP contribution in [0.15, 0.2) is 28.7 Å². The largest absolute Gasteiger partial charge is 0.327 e. The van der Waals surface area contributed by atoms with Gasteiger partial charge in [0.1, 0.15) is 0 Å². The maximum absolute atomic E-state index is 5.46. The van der Waals surface area contributed by atoms with E-state index in [-0.39, 0.29) is 0 Å². The molecule has 0 amide bonds. The summed E-state index contributed by atoms with van der Waals surface area (Å²) in [7, 11) is 1.58. The number of halogens is 1. The molecule has 4 heteroatoms. The molecule has 14 heavy (non-hydrogen) atoms. The number of hydrogen-bond donors (Lipinski definition) is 0. The zero-order valence-corrected chi connectivity index (χ0v) is 9.41. The van der Waals surface area contributed by atoms with Crippen molar-refractivity contribution in [2.24, 2.45) is 0 Å². The van der Waals surface area contributed by atoms with Crippen LogP contribution in [0.4, 0.5) is 0 Å². The Morgan fingerprint density at radius 1 is 1.21 bits per heavy atom. The van der Waals surface area contributed by atoms with Gasteiger partial charge in [0.15, 0.2) is 0 Å². The molecule has 3 nitrogen and oxygen atoms in total. The van der Waals surface area contributed by atoms with Gasteiger partial charge in [0.05, 0.1) is 13.2 Å². The molecule has 0 saturated carbocycles. The highest BCUT2D eigenvalue weighted by Gasteiger charge is 2.38. The van der Waals surface area contributed by atoms with Crippen LogP contribution in [0.1, 0.15) is 5.56 Å². The first-order valence-corrected chi connectivity index (χ1v) is 5.15. The SMILES string of the molecule is COC1(c2ccc(Br)cc2)OCCO1. The Balaban J connectivity index is 2.31. The molecule has 0 aliphatic carbocycles. The Labute approximate surface area is 91.1 Å². The van der Waals surface area contributed by atoms with Crippen LogP contribution in [0, 0.1) is 0 Å². The number of methoxy groups -OCH3 is 1. The lowest BCUT2D eigenvalue weighted by Gasteiger charge is -2.25. The summed E-state index contributed by atoms with van der Waals surface area (Å²) in [4.78, 5) is 0. The lowest BCUT2D eigenvalue weighted by molar-refractivity contribution is -0.331. The third-order valence-electron chi connectivity index (χ3n) is 2.13. The third kappa shape index (κ3) is 1.70. The summed E-state index contributed by atoms with van der Waals surface area (Å²) in [6.07, 6.45) is 0. The van der Waals surface area contributed by atoms with Gasteiger partial charge in [-0.3, -0.25) is 0 Å². The van der Waals surface area contributed by atoms with Gasteiger partial charge in [-0.05, 0) is 24.3 Å². The van der Waals surface area contributed by atoms with Crippen LogP contribution < -0.4 is 0 Å². The van der Waals surface area contributed by atoms with Gasteiger partial charge in [0.2, 0.25) is 0 Å². The Bertz CT molecular complexity index is 304. The highest BCUT2D eigenvalue weighted by Crippen LogP contribution is 2.32. The molecule has 2 rings (SSSR count). The van der Waals surface area contributed by atoms with Crippen molar-refractivity contribution in [1.29, 1.82) is 0 Å². The van der Waals surface area contributed by atoms with Crippen molar-refractivity contribution in [2.45, 2.75) is 5.97 Å². The summed E-state index contributed by atoms with van der Waals surface area (Å²) in [6, 6.07) is 7.69. The Hall–Kier alpha value is -0.420. The molecule has 1 aliphatic rings. The Kier molecular flexibility index (Phi) is 2.88. The molecule has 0 unspecified atom stereocenters. The smallest absolute Gasteiger partial charge is 0.311 e. The number of benzene rings is 1. The monoisotopic (exact) mass is 258 g/mol. The second kappa shape index (κ2) is 3.98. The lowest BCUT2D eigenvalue weighted by atomic mass is 10.2. The van der Waals surface area contributed by atoms with E-state index >= 15 is 0 Å². The molecule has 1 aliphatic heterocycles. The number of rotatable bonds is 2. The first-order valence-electron chi connectivity index (χ1n) is 4.36. The van der Waals surface area contributed by atoms with Gasteiger partial charge in [0.25, 0.3) is 0 Å². The van der Waals surface area contributed by atoms with Gasteiger partial charge in [-0.1, -0.05) is 15.9 Å². The van der Waals surface area contributed by atoms with Crippen molar-refractivity contribution in [3.8, 4) is 0 Å². The van der Waals surface area contributed by atoms with Crippen molar-refractivity contribution >= 4 is 15.9 Å². The number of hydrogen-bond acceptors (Lipinski definition) is 3. The minimum absolute atomic E-state index is 0.559. The first kappa shape index (κ1) is 10.1. The molecule has 1 aromatic carbocycles. The van der Waals surface area contributed by atoms with E-state index in [0.29, 0.717) is 13.2 Å². The fraction of sp³-hybridized carbons (Fsp3) is 0.400. The van der Waals surface area contributed by atoms with E-state index in [4.69, 9.17) is 14.2 Å². The fourth-order valence-electron chi connectivity index (χ4n) is 1.45. The zero-order chi connectivity index (χ0) is 10.0. The predicted molar refractivity (Wildman–Crippen MR) is 54.7 cm³/mol.